The number of nitrogens with one attached hydrogen (secondary N) is 2. The molecule has 2 heterocycles. The van der Waals surface area contributed by atoms with Crippen LogP contribution in [0.25, 0.3) is 0 Å². The zero-order valence-electron chi connectivity index (χ0n) is 13.2. The Morgan fingerprint density at radius 2 is 1.88 bits per heavy atom. The fraction of sp³-hybridized carbons (Fsp3) is 0.250. The van der Waals surface area contributed by atoms with Gasteiger partial charge in [0.15, 0.2) is 0 Å². The highest BCUT2D eigenvalue weighted by Crippen LogP contribution is 2.17. The van der Waals surface area contributed by atoms with Crippen LogP contribution in [0.2, 0.25) is 0 Å². The number of aromatic nitrogens is 2. The van der Waals surface area contributed by atoms with Gasteiger partial charge in [0.2, 0.25) is 0 Å². The summed E-state index contributed by atoms with van der Waals surface area (Å²) >= 11 is 0. The van der Waals surface area contributed by atoms with Gasteiger partial charge in [-0.2, -0.15) is 10.4 Å². The maximum absolute atomic E-state index is 13.0. The van der Waals surface area contributed by atoms with Crippen molar-refractivity contribution in [3.05, 3.63) is 41.8 Å². The number of hydrogen-bond donors (Lipinski definition) is 2. The Morgan fingerprint density at radius 1 is 1.20 bits per heavy atom. The first-order valence-electron chi connectivity index (χ1n) is 7.62. The van der Waals surface area contributed by atoms with Gasteiger partial charge >= 0.3 is 11.8 Å². The quantitative estimate of drug-likeness (QED) is 0.782. The molecule has 0 bridgehead atoms. The van der Waals surface area contributed by atoms with Crippen molar-refractivity contribution in [2.45, 2.75) is 0 Å². The van der Waals surface area contributed by atoms with Crippen molar-refractivity contribution >= 4 is 23.3 Å². The molecule has 0 radical (unpaired) electrons. The number of piperazine rings is 1. The van der Waals surface area contributed by atoms with E-state index in [9.17, 15) is 14.0 Å². The van der Waals surface area contributed by atoms with E-state index >= 15 is 0 Å². The largest absolute Gasteiger partial charge is 0.368 e. The molecule has 1 aromatic carbocycles. The lowest BCUT2D eigenvalue weighted by atomic mass is 10.2. The van der Waals surface area contributed by atoms with Gasteiger partial charge in [0.25, 0.3) is 0 Å². The Kier molecular flexibility index (Phi) is 4.61. The highest BCUT2D eigenvalue weighted by molar-refractivity contribution is 6.39. The normalized spacial score (nSPS) is 14.1. The highest BCUT2D eigenvalue weighted by atomic mass is 19.1. The molecule has 0 saturated carbocycles. The maximum atomic E-state index is 13.0. The summed E-state index contributed by atoms with van der Waals surface area (Å²) in [4.78, 5) is 27.8. The Morgan fingerprint density at radius 3 is 2.52 bits per heavy atom. The second-order valence-corrected chi connectivity index (χ2v) is 5.48. The van der Waals surface area contributed by atoms with E-state index in [1.165, 1.54) is 23.2 Å². The van der Waals surface area contributed by atoms with Crippen LogP contribution in [-0.2, 0) is 9.59 Å². The summed E-state index contributed by atoms with van der Waals surface area (Å²) in [6.45, 7) is 1.83. The average Bonchev–Trinajstić information content (AvgIpc) is 3.09. The molecule has 3 rings (SSSR count). The van der Waals surface area contributed by atoms with E-state index in [4.69, 9.17) is 5.26 Å². The molecule has 1 fully saturated rings. The van der Waals surface area contributed by atoms with E-state index in [0.29, 0.717) is 26.2 Å². The van der Waals surface area contributed by atoms with E-state index in [0.717, 1.165) is 5.69 Å². The third kappa shape index (κ3) is 3.58. The third-order valence-electron chi connectivity index (χ3n) is 3.95. The summed E-state index contributed by atoms with van der Waals surface area (Å²) in [7, 11) is 0. The molecule has 8 nitrogen and oxygen atoms in total. The van der Waals surface area contributed by atoms with Crippen molar-refractivity contribution in [3.63, 3.8) is 0 Å². The monoisotopic (exact) mass is 342 g/mol. The zero-order chi connectivity index (χ0) is 17.8. The molecule has 128 valence electrons. The first-order valence-corrected chi connectivity index (χ1v) is 7.62. The van der Waals surface area contributed by atoms with Crippen molar-refractivity contribution in [2.24, 2.45) is 0 Å². The zero-order valence-corrected chi connectivity index (χ0v) is 13.2. The molecule has 0 atom stereocenters. The molecular formula is C16H15FN6O2. The lowest BCUT2D eigenvalue weighted by Gasteiger charge is -2.35. The Labute approximate surface area is 142 Å². The molecule has 1 aliphatic heterocycles. The summed E-state index contributed by atoms with van der Waals surface area (Å²) in [5, 5.41) is 17.3. The summed E-state index contributed by atoms with van der Waals surface area (Å²) in [6, 6.07) is 8.00. The molecule has 1 aliphatic rings. The number of nitrogens with zero attached hydrogens (tertiary/aromatic N) is 4. The third-order valence-corrected chi connectivity index (χ3v) is 3.95. The van der Waals surface area contributed by atoms with Crippen LogP contribution < -0.4 is 10.2 Å². The van der Waals surface area contributed by atoms with Crippen molar-refractivity contribution in [1.82, 2.24) is 15.1 Å². The van der Waals surface area contributed by atoms with Crippen molar-refractivity contribution in [3.8, 4) is 6.07 Å². The SMILES string of the molecule is N#Cc1cn[nH]c1NC(=O)C(=O)N1CCN(c2ccc(F)cc2)CC1. The van der Waals surface area contributed by atoms with Gasteiger partial charge < -0.3 is 15.1 Å². The lowest BCUT2D eigenvalue weighted by molar-refractivity contribution is -0.143. The maximum Gasteiger partial charge on any atom is 0.315 e. The first kappa shape index (κ1) is 16.4. The van der Waals surface area contributed by atoms with Gasteiger partial charge in [-0.1, -0.05) is 0 Å². The lowest BCUT2D eigenvalue weighted by Crippen LogP contribution is -2.51. The van der Waals surface area contributed by atoms with Gasteiger partial charge in [0, 0.05) is 31.9 Å². The highest BCUT2D eigenvalue weighted by Gasteiger charge is 2.27. The van der Waals surface area contributed by atoms with Gasteiger partial charge in [-0.3, -0.25) is 14.7 Å². The Hall–Kier alpha value is -3.41. The minimum Gasteiger partial charge on any atom is -0.368 e. The van der Waals surface area contributed by atoms with Gasteiger partial charge in [0.1, 0.15) is 23.3 Å². The number of carbonyl (C=O) groups is 2. The van der Waals surface area contributed by atoms with Crippen LogP contribution in [-0.4, -0.2) is 53.1 Å². The van der Waals surface area contributed by atoms with Gasteiger partial charge in [-0.25, -0.2) is 4.39 Å². The van der Waals surface area contributed by atoms with Gasteiger partial charge in [0.05, 0.1) is 6.20 Å². The summed E-state index contributed by atoms with van der Waals surface area (Å²) in [5.74, 6) is -1.69. The van der Waals surface area contributed by atoms with Crippen molar-refractivity contribution in [2.75, 3.05) is 36.4 Å². The summed E-state index contributed by atoms with van der Waals surface area (Å²) in [6.07, 6.45) is 1.27. The minimum absolute atomic E-state index is 0.103. The molecule has 2 aromatic rings. The fourth-order valence-electron chi connectivity index (χ4n) is 2.60. The van der Waals surface area contributed by atoms with Crippen molar-refractivity contribution < 1.29 is 14.0 Å². The van der Waals surface area contributed by atoms with E-state index < -0.39 is 11.8 Å². The van der Waals surface area contributed by atoms with Crippen molar-refractivity contribution in [1.29, 1.82) is 5.26 Å². The predicted octanol–water partition coefficient (Wildman–Crippen LogP) is 0.708. The predicted molar refractivity (Wildman–Crippen MR) is 87.1 cm³/mol. The van der Waals surface area contributed by atoms with E-state index in [-0.39, 0.29) is 17.2 Å². The van der Waals surface area contributed by atoms with Gasteiger partial charge in [-0.05, 0) is 24.3 Å². The molecular weight excluding hydrogens is 327 g/mol. The Bertz CT molecular complexity index is 818. The van der Waals surface area contributed by atoms with Crippen LogP contribution in [0.1, 0.15) is 5.56 Å². The number of anilines is 2. The van der Waals surface area contributed by atoms with E-state index in [1.807, 2.05) is 11.0 Å². The molecule has 0 aliphatic carbocycles. The standard InChI is InChI=1S/C16H15FN6O2/c17-12-1-3-13(4-2-12)22-5-7-23(8-6-22)16(25)15(24)20-14-11(9-18)10-19-21-14/h1-4,10H,5-8H2,(H2,19,20,21,24). The summed E-state index contributed by atoms with van der Waals surface area (Å²) in [5.41, 5.74) is 1.02. The number of amides is 2. The van der Waals surface area contributed by atoms with Crippen LogP contribution in [0.15, 0.2) is 30.5 Å². The number of rotatable bonds is 2. The molecule has 1 saturated heterocycles. The molecule has 2 N–H and O–H groups in total. The van der Waals surface area contributed by atoms with Crippen LogP contribution in [0.5, 0.6) is 0 Å². The fourth-order valence-corrected chi connectivity index (χ4v) is 2.60. The number of H-pyrrole nitrogens is 1. The van der Waals surface area contributed by atoms with Gasteiger partial charge in [-0.15, -0.1) is 0 Å². The average molecular weight is 342 g/mol. The second-order valence-electron chi connectivity index (χ2n) is 5.48. The molecule has 1 aromatic heterocycles. The topological polar surface area (TPSA) is 105 Å². The number of carbonyl (C=O) groups excluding carboxylic acids is 2. The van der Waals surface area contributed by atoms with Crippen LogP contribution in [0.3, 0.4) is 0 Å². The number of hydrogen-bond acceptors (Lipinski definition) is 5. The number of aromatic amines is 1. The molecule has 9 heteroatoms. The molecule has 25 heavy (non-hydrogen) atoms. The van der Waals surface area contributed by atoms with Crippen LogP contribution >= 0.6 is 0 Å². The molecule has 2 amide bonds. The number of halogens is 1. The number of benzene rings is 1. The van der Waals surface area contributed by atoms with Crippen LogP contribution in [0, 0.1) is 17.1 Å². The smallest absolute Gasteiger partial charge is 0.315 e. The van der Waals surface area contributed by atoms with E-state index in [2.05, 4.69) is 15.5 Å². The number of nitriles is 1. The molecule has 0 unspecified atom stereocenters. The first-order chi connectivity index (χ1) is 12.1. The molecule has 0 spiro atoms. The minimum atomic E-state index is -0.823. The summed E-state index contributed by atoms with van der Waals surface area (Å²) < 4.78 is 13.0. The second kappa shape index (κ2) is 7.00. The Balaban J connectivity index is 1.57. The van der Waals surface area contributed by atoms with Crippen LogP contribution in [0.4, 0.5) is 15.9 Å². The van der Waals surface area contributed by atoms with E-state index in [1.54, 1.807) is 12.1 Å².